The number of hydrogen-bond acceptors (Lipinski definition) is 3. The predicted octanol–water partition coefficient (Wildman–Crippen LogP) is 1.44. The predicted molar refractivity (Wildman–Crippen MR) is 48.4 cm³/mol. The Morgan fingerprint density at radius 3 is 2.33 bits per heavy atom. The van der Waals surface area contributed by atoms with Crippen molar-refractivity contribution in [1.29, 1.82) is 0 Å². The van der Waals surface area contributed by atoms with E-state index < -0.39 is 5.97 Å². The molecule has 0 fully saturated rings. The molecular weight excluding hydrogens is 154 g/mol. The molecule has 0 amide bonds. The molecule has 0 aromatic heterocycles. The standard InChI is InChI=1S/C9H17NO2/c1-5-12-8(11)7(10)6-9(2,3)4/h6H,5,10H2,1-4H3/b7-6-. The summed E-state index contributed by atoms with van der Waals surface area (Å²) in [6.07, 6.45) is 1.70. The second kappa shape index (κ2) is 4.14. The van der Waals surface area contributed by atoms with E-state index in [-0.39, 0.29) is 11.1 Å². The Morgan fingerprint density at radius 1 is 1.50 bits per heavy atom. The Hall–Kier alpha value is -0.990. The molecule has 2 N–H and O–H groups in total. The highest BCUT2D eigenvalue weighted by molar-refractivity contribution is 5.87. The van der Waals surface area contributed by atoms with Gasteiger partial charge in [-0.25, -0.2) is 4.79 Å². The number of carbonyl (C=O) groups is 1. The Labute approximate surface area is 73.6 Å². The fourth-order valence-corrected chi connectivity index (χ4v) is 0.740. The van der Waals surface area contributed by atoms with Gasteiger partial charge in [-0.1, -0.05) is 20.8 Å². The van der Waals surface area contributed by atoms with Crippen LogP contribution in [0.25, 0.3) is 0 Å². The van der Waals surface area contributed by atoms with Gasteiger partial charge in [-0.3, -0.25) is 0 Å². The Balaban J connectivity index is 4.28. The summed E-state index contributed by atoms with van der Waals surface area (Å²) >= 11 is 0. The molecule has 0 rings (SSSR count). The van der Waals surface area contributed by atoms with E-state index in [4.69, 9.17) is 10.5 Å². The summed E-state index contributed by atoms with van der Waals surface area (Å²) in [4.78, 5) is 11.0. The maximum Gasteiger partial charge on any atom is 0.353 e. The van der Waals surface area contributed by atoms with Gasteiger partial charge in [-0.15, -0.1) is 0 Å². The van der Waals surface area contributed by atoms with Crippen LogP contribution in [0.15, 0.2) is 11.8 Å². The topological polar surface area (TPSA) is 52.3 Å². The van der Waals surface area contributed by atoms with Crippen molar-refractivity contribution in [2.75, 3.05) is 6.61 Å². The lowest BCUT2D eigenvalue weighted by atomic mass is 9.95. The Morgan fingerprint density at radius 2 is 2.00 bits per heavy atom. The SMILES string of the molecule is CCOC(=O)/C(N)=C/C(C)(C)C. The van der Waals surface area contributed by atoms with Crippen LogP contribution in [0.2, 0.25) is 0 Å². The van der Waals surface area contributed by atoms with Crippen LogP contribution in [0.4, 0.5) is 0 Å². The maximum absolute atomic E-state index is 11.0. The summed E-state index contributed by atoms with van der Waals surface area (Å²) in [7, 11) is 0. The van der Waals surface area contributed by atoms with Crippen LogP contribution in [-0.2, 0) is 9.53 Å². The molecular formula is C9H17NO2. The number of nitrogens with two attached hydrogens (primary N) is 1. The first-order chi connectivity index (χ1) is 5.37. The normalized spacial score (nSPS) is 12.8. The molecule has 3 heteroatoms. The first-order valence-corrected chi connectivity index (χ1v) is 4.02. The zero-order valence-corrected chi connectivity index (χ0v) is 8.18. The van der Waals surface area contributed by atoms with Gasteiger partial charge in [0, 0.05) is 0 Å². The smallest absolute Gasteiger partial charge is 0.353 e. The minimum absolute atomic E-state index is 0.0865. The summed E-state index contributed by atoms with van der Waals surface area (Å²) in [6.45, 7) is 8.02. The molecule has 0 unspecified atom stereocenters. The molecule has 0 aliphatic heterocycles. The minimum atomic E-state index is -0.438. The van der Waals surface area contributed by atoms with Crippen molar-refractivity contribution in [3.05, 3.63) is 11.8 Å². The quantitative estimate of drug-likeness (QED) is 0.505. The van der Waals surface area contributed by atoms with Crippen molar-refractivity contribution < 1.29 is 9.53 Å². The van der Waals surface area contributed by atoms with Crippen LogP contribution < -0.4 is 5.73 Å². The van der Waals surface area contributed by atoms with Crippen LogP contribution in [-0.4, -0.2) is 12.6 Å². The fourth-order valence-electron chi connectivity index (χ4n) is 0.740. The van der Waals surface area contributed by atoms with E-state index in [1.165, 1.54) is 0 Å². The molecule has 0 aliphatic carbocycles. The molecule has 3 nitrogen and oxygen atoms in total. The van der Waals surface area contributed by atoms with Gasteiger partial charge in [-0.2, -0.15) is 0 Å². The molecule has 0 heterocycles. The summed E-state index contributed by atoms with van der Waals surface area (Å²) in [5, 5.41) is 0. The van der Waals surface area contributed by atoms with Gasteiger partial charge >= 0.3 is 5.97 Å². The highest BCUT2D eigenvalue weighted by Gasteiger charge is 2.12. The van der Waals surface area contributed by atoms with Gasteiger partial charge in [-0.05, 0) is 18.4 Å². The number of esters is 1. The van der Waals surface area contributed by atoms with Gasteiger partial charge in [0.05, 0.1) is 6.61 Å². The van der Waals surface area contributed by atoms with E-state index in [0.717, 1.165) is 0 Å². The lowest BCUT2D eigenvalue weighted by Gasteiger charge is -2.12. The van der Waals surface area contributed by atoms with Gasteiger partial charge in [0.1, 0.15) is 5.70 Å². The van der Waals surface area contributed by atoms with Crippen LogP contribution in [0.5, 0.6) is 0 Å². The maximum atomic E-state index is 11.0. The van der Waals surface area contributed by atoms with Gasteiger partial charge in [0.25, 0.3) is 0 Å². The van der Waals surface area contributed by atoms with Crippen molar-refractivity contribution in [2.24, 2.45) is 11.1 Å². The minimum Gasteiger partial charge on any atom is -0.461 e. The summed E-state index contributed by atoms with van der Waals surface area (Å²) in [5.41, 5.74) is 5.57. The molecule has 0 aliphatic rings. The monoisotopic (exact) mass is 171 g/mol. The number of carbonyl (C=O) groups excluding carboxylic acids is 1. The first-order valence-electron chi connectivity index (χ1n) is 4.02. The molecule has 0 aromatic rings. The highest BCUT2D eigenvalue weighted by atomic mass is 16.5. The van der Waals surface area contributed by atoms with Crippen molar-refractivity contribution in [3.8, 4) is 0 Å². The lowest BCUT2D eigenvalue weighted by Crippen LogP contribution is -2.17. The van der Waals surface area contributed by atoms with E-state index in [9.17, 15) is 4.79 Å². The molecule has 0 bridgehead atoms. The van der Waals surface area contributed by atoms with Crippen LogP contribution in [0.1, 0.15) is 27.7 Å². The second-order valence-electron chi connectivity index (χ2n) is 3.69. The average molecular weight is 171 g/mol. The average Bonchev–Trinajstić information content (AvgIpc) is 1.84. The molecule has 0 saturated heterocycles. The Bertz CT molecular complexity index is 189. The number of hydrogen-bond donors (Lipinski definition) is 1. The molecule has 0 saturated carbocycles. The molecule has 0 radical (unpaired) electrons. The Kier molecular flexibility index (Phi) is 3.80. The molecule has 0 spiro atoms. The fraction of sp³-hybridized carbons (Fsp3) is 0.667. The van der Waals surface area contributed by atoms with E-state index >= 15 is 0 Å². The molecule has 0 aromatic carbocycles. The van der Waals surface area contributed by atoms with E-state index in [2.05, 4.69) is 0 Å². The largest absolute Gasteiger partial charge is 0.461 e. The molecule has 70 valence electrons. The van der Waals surface area contributed by atoms with Crippen molar-refractivity contribution in [1.82, 2.24) is 0 Å². The third-order valence-corrected chi connectivity index (χ3v) is 1.10. The molecule has 0 atom stereocenters. The van der Waals surface area contributed by atoms with Crippen molar-refractivity contribution in [3.63, 3.8) is 0 Å². The lowest BCUT2D eigenvalue weighted by molar-refractivity contribution is -0.138. The summed E-state index contributed by atoms with van der Waals surface area (Å²) in [5.74, 6) is -0.438. The third-order valence-electron chi connectivity index (χ3n) is 1.10. The second-order valence-corrected chi connectivity index (χ2v) is 3.69. The number of ether oxygens (including phenoxy) is 1. The number of rotatable bonds is 2. The first kappa shape index (κ1) is 11.0. The van der Waals surface area contributed by atoms with Crippen LogP contribution in [0.3, 0.4) is 0 Å². The highest BCUT2D eigenvalue weighted by Crippen LogP contribution is 2.16. The van der Waals surface area contributed by atoms with Crippen LogP contribution >= 0.6 is 0 Å². The number of allylic oxidation sites excluding steroid dienone is 1. The van der Waals surface area contributed by atoms with Gasteiger partial charge in [0.2, 0.25) is 0 Å². The third kappa shape index (κ3) is 4.77. The van der Waals surface area contributed by atoms with Crippen molar-refractivity contribution >= 4 is 5.97 Å². The van der Waals surface area contributed by atoms with Crippen molar-refractivity contribution in [2.45, 2.75) is 27.7 Å². The zero-order chi connectivity index (χ0) is 9.78. The van der Waals surface area contributed by atoms with E-state index in [1.54, 1.807) is 13.0 Å². The molecule has 12 heavy (non-hydrogen) atoms. The van der Waals surface area contributed by atoms with Gasteiger partial charge in [0.15, 0.2) is 0 Å². The summed E-state index contributed by atoms with van der Waals surface area (Å²) in [6, 6.07) is 0. The van der Waals surface area contributed by atoms with E-state index in [0.29, 0.717) is 6.61 Å². The van der Waals surface area contributed by atoms with Crippen LogP contribution in [0, 0.1) is 5.41 Å². The summed E-state index contributed by atoms with van der Waals surface area (Å²) < 4.78 is 4.72. The zero-order valence-electron chi connectivity index (χ0n) is 8.18. The van der Waals surface area contributed by atoms with E-state index in [1.807, 2.05) is 20.8 Å². The van der Waals surface area contributed by atoms with Gasteiger partial charge < -0.3 is 10.5 Å².